The maximum Gasteiger partial charge on any atom is 0.0897 e. The van der Waals surface area contributed by atoms with Crippen LogP contribution in [0.3, 0.4) is 0 Å². The van der Waals surface area contributed by atoms with Crippen LogP contribution >= 0.6 is 0 Å². The number of methoxy groups -OCH3 is 1. The molecule has 0 bridgehead atoms. The summed E-state index contributed by atoms with van der Waals surface area (Å²) in [4.78, 5) is 0. The van der Waals surface area contributed by atoms with E-state index in [1.165, 1.54) is 0 Å². The number of ether oxygens (including phenoxy) is 2. The third-order valence-corrected chi connectivity index (χ3v) is 3.02. The van der Waals surface area contributed by atoms with Crippen molar-refractivity contribution in [1.29, 1.82) is 0 Å². The van der Waals surface area contributed by atoms with Gasteiger partial charge in [-0.05, 0) is 25.7 Å². The molecule has 0 radical (unpaired) electrons. The first-order chi connectivity index (χ1) is 8.99. The molecule has 0 heterocycles. The molecule has 0 rings (SSSR count). The topological polar surface area (TPSA) is 50.7 Å². The van der Waals surface area contributed by atoms with E-state index in [1.54, 1.807) is 7.11 Å². The van der Waals surface area contributed by atoms with E-state index in [2.05, 4.69) is 33.0 Å². The minimum Gasteiger partial charge on any atom is -0.389 e. The monoisotopic (exact) mass is 275 g/mol. The molecule has 2 N–H and O–H groups in total. The highest BCUT2D eigenvalue weighted by Crippen LogP contribution is 2.07. The zero-order valence-electron chi connectivity index (χ0n) is 13.3. The van der Waals surface area contributed by atoms with Gasteiger partial charge < -0.3 is 19.9 Å². The Morgan fingerprint density at radius 3 is 2.37 bits per heavy atom. The number of nitrogens with one attached hydrogen (secondary N) is 1. The van der Waals surface area contributed by atoms with Crippen molar-refractivity contribution >= 4 is 0 Å². The van der Waals surface area contributed by atoms with Crippen molar-refractivity contribution in [3.8, 4) is 0 Å². The molecule has 0 aromatic heterocycles. The Morgan fingerprint density at radius 1 is 1.16 bits per heavy atom. The van der Waals surface area contributed by atoms with Gasteiger partial charge in [-0.1, -0.05) is 27.2 Å². The standard InChI is InChI=1S/C15H33NO3/c1-6-7-14(10-18-5)16-9-15(17)11-19-13(4)8-12(2)3/h12-17H,6-11H2,1-5H3. The predicted molar refractivity (Wildman–Crippen MR) is 79.5 cm³/mol. The van der Waals surface area contributed by atoms with Gasteiger partial charge in [0.1, 0.15) is 0 Å². The summed E-state index contributed by atoms with van der Waals surface area (Å²) in [5.41, 5.74) is 0. The molecular formula is C15H33NO3. The molecule has 19 heavy (non-hydrogen) atoms. The highest BCUT2D eigenvalue weighted by Gasteiger charge is 2.12. The second-order valence-corrected chi connectivity index (χ2v) is 5.78. The van der Waals surface area contributed by atoms with Crippen LogP contribution in [-0.2, 0) is 9.47 Å². The molecule has 3 atom stereocenters. The summed E-state index contributed by atoms with van der Waals surface area (Å²) in [6, 6.07) is 0.317. The van der Waals surface area contributed by atoms with Crippen molar-refractivity contribution in [2.75, 3.05) is 26.9 Å². The van der Waals surface area contributed by atoms with Gasteiger partial charge in [-0.25, -0.2) is 0 Å². The summed E-state index contributed by atoms with van der Waals surface area (Å²) < 4.78 is 10.8. The largest absolute Gasteiger partial charge is 0.389 e. The van der Waals surface area contributed by atoms with E-state index in [1.807, 2.05) is 0 Å². The van der Waals surface area contributed by atoms with Crippen molar-refractivity contribution in [3.05, 3.63) is 0 Å². The molecule has 0 saturated carbocycles. The Balaban J connectivity index is 3.74. The molecule has 0 aliphatic rings. The summed E-state index contributed by atoms with van der Waals surface area (Å²) in [7, 11) is 1.71. The summed E-state index contributed by atoms with van der Waals surface area (Å²) >= 11 is 0. The van der Waals surface area contributed by atoms with E-state index in [4.69, 9.17) is 9.47 Å². The Hall–Kier alpha value is -0.160. The van der Waals surface area contributed by atoms with E-state index in [-0.39, 0.29) is 6.10 Å². The number of aliphatic hydroxyl groups excluding tert-OH is 1. The lowest BCUT2D eigenvalue weighted by Crippen LogP contribution is -2.40. The average Bonchev–Trinajstić information content (AvgIpc) is 2.33. The maximum absolute atomic E-state index is 9.89. The van der Waals surface area contributed by atoms with E-state index in [9.17, 15) is 5.11 Å². The van der Waals surface area contributed by atoms with Gasteiger partial charge in [0.05, 0.1) is 25.4 Å². The van der Waals surface area contributed by atoms with Gasteiger partial charge in [-0.2, -0.15) is 0 Å². The smallest absolute Gasteiger partial charge is 0.0897 e. The van der Waals surface area contributed by atoms with Crippen LogP contribution in [-0.4, -0.2) is 50.2 Å². The lowest BCUT2D eigenvalue weighted by Gasteiger charge is -2.21. The third-order valence-electron chi connectivity index (χ3n) is 3.02. The molecule has 0 aromatic rings. The number of rotatable bonds is 12. The quantitative estimate of drug-likeness (QED) is 0.573. The van der Waals surface area contributed by atoms with Gasteiger partial charge in [0.15, 0.2) is 0 Å². The Morgan fingerprint density at radius 2 is 1.84 bits per heavy atom. The van der Waals surface area contributed by atoms with Crippen LogP contribution in [0.5, 0.6) is 0 Å². The fraction of sp³-hybridized carbons (Fsp3) is 1.00. The molecule has 4 heteroatoms. The molecule has 3 unspecified atom stereocenters. The highest BCUT2D eigenvalue weighted by molar-refractivity contribution is 4.69. The van der Waals surface area contributed by atoms with Crippen molar-refractivity contribution in [2.24, 2.45) is 5.92 Å². The van der Waals surface area contributed by atoms with E-state index in [0.29, 0.717) is 31.7 Å². The van der Waals surface area contributed by atoms with Gasteiger partial charge >= 0.3 is 0 Å². The third kappa shape index (κ3) is 11.4. The van der Waals surface area contributed by atoms with E-state index < -0.39 is 6.10 Å². The van der Waals surface area contributed by atoms with Crippen molar-refractivity contribution in [1.82, 2.24) is 5.32 Å². The summed E-state index contributed by atoms with van der Waals surface area (Å²) in [6.45, 7) is 10.2. The molecule has 0 aliphatic carbocycles. The van der Waals surface area contributed by atoms with Crippen LogP contribution in [0.1, 0.15) is 47.0 Å². The summed E-state index contributed by atoms with van der Waals surface area (Å²) in [5, 5.41) is 13.2. The molecular weight excluding hydrogens is 242 g/mol. The first-order valence-corrected chi connectivity index (χ1v) is 7.51. The molecule has 4 nitrogen and oxygen atoms in total. The fourth-order valence-corrected chi connectivity index (χ4v) is 2.16. The minimum absolute atomic E-state index is 0.208. The predicted octanol–water partition coefficient (Wildman–Crippen LogP) is 2.20. The zero-order valence-corrected chi connectivity index (χ0v) is 13.3. The Kier molecular flexibility index (Phi) is 11.6. The normalized spacial score (nSPS) is 16.6. The van der Waals surface area contributed by atoms with Crippen LogP contribution in [0.2, 0.25) is 0 Å². The Labute approximate surface area is 118 Å². The highest BCUT2D eigenvalue weighted by atomic mass is 16.5. The van der Waals surface area contributed by atoms with Crippen LogP contribution in [0.15, 0.2) is 0 Å². The average molecular weight is 275 g/mol. The first-order valence-electron chi connectivity index (χ1n) is 7.51. The second-order valence-electron chi connectivity index (χ2n) is 5.78. The summed E-state index contributed by atoms with van der Waals surface area (Å²) in [5.74, 6) is 0.626. The Bertz CT molecular complexity index is 194. The van der Waals surface area contributed by atoms with Crippen molar-refractivity contribution < 1.29 is 14.6 Å². The lowest BCUT2D eigenvalue weighted by molar-refractivity contribution is -0.0102. The maximum atomic E-state index is 9.89. The van der Waals surface area contributed by atoms with Crippen molar-refractivity contribution in [2.45, 2.75) is 65.2 Å². The van der Waals surface area contributed by atoms with Gasteiger partial charge in [-0.15, -0.1) is 0 Å². The molecule has 0 aromatic carbocycles. The summed E-state index contributed by atoms with van der Waals surface area (Å²) in [6.07, 6.45) is 2.96. The zero-order chi connectivity index (χ0) is 14.7. The van der Waals surface area contributed by atoms with Gasteiger partial charge in [0.25, 0.3) is 0 Å². The number of hydrogen-bond donors (Lipinski definition) is 2. The second kappa shape index (κ2) is 11.6. The van der Waals surface area contributed by atoms with E-state index >= 15 is 0 Å². The van der Waals surface area contributed by atoms with E-state index in [0.717, 1.165) is 19.3 Å². The fourth-order valence-electron chi connectivity index (χ4n) is 2.16. The molecule has 116 valence electrons. The number of hydrogen-bond acceptors (Lipinski definition) is 4. The minimum atomic E-state index is -0.453. The molecule has 0 saturated heterocycles. The molecule has 0 aliphatic heterocycles. The van der Waals surface area contributed by atoms with Crippen LogP contribution in [0.25, 0.3) is 0 Å². The van der Waals surface area contributed by atoms with Gasteiger partial charge in [0.2, 0.25) is 0 Å². The van der Waals surface area contributed by atoms with Gasteiger partial charge in [-0.3, -0.25) is 0 Å². The molecule has 0 spiro atoms. The molecule has 0 fully saturated rings. The SMILES string of the molecule is CCCC(COC)NCC(O)COC(C)CC(C)C. The number of aliphatic hydroxyl groups is 1. The van der Waals surface area contributed by atoms with Crippen LogP contribution < -0.4 is 5.32 Å². The first kappa shape index (κ1) is 18.8. The van der Waals surface area contributed by atoms with Crippen LogP contribution in [0.4, 0.5) is 0 Å². The molecule has 0 amide bonds. The lowest BCUT2D eigenvalue weighted by atomic mass is 10.1. The van der Waals surface area contributed by atoms with Crippen LogP contribution in [0, 0.1) is 5.92 Å². The van der Waals surface area contributed by atoms with Crippen molar-refractivity contribution in [3.63, 3.8) is 0 Å². The van der Waals surface area contributed by atoms with Gasteiger partial charge in [0, 0.05) is 19.7 Å².